The zero-order chi connectivity index (χ0) is 28.7. The fraction of sp³-hybridized carbons (Fsp3) is 0.250. The molecule has 1 saturated heterocycles. The second-order valence-corrected chi connectivity index (χ2v) is 11.2. The van der Waals surface area contributed by atoms with E-state index in [0.29, 0.717) is 24.1 Å². The highest BCUT2D eigenvalue weighted by Gasteiger charge is 2.26. The maximum atomic E-state index is 12.4. The quantitative estimate of drug-likeness (QED) is 0.295. The van der Waals surface area contributed by atoms with Crippen molar-refractivity contribution >= 4 is 34.2 Å². The summed E-state index contributed by atoms with van der Waals surface area (Å²) in [6, 6.07) is 19.3. The predicted molar refractivity (Wildman–Crippen MR) is 158 cm³/mol. The monoisotopic (exact) mass is 549 g/mol. The zero-order valence-electron chi connectivity index (χ0n) is 23.2. The highest BCUT2D eigenvalue weighted by molar-refractivity contribution is 6.09. The molecule has 1 N–H and O–H groups in total. The summed E-state index contributed by atoms with van der Waals surface area (Å²) >= 11 is 0. The molecule has 3 heterocycles. The normalized spacial score (nSPS) is 14.0. The first kappa shape index (κ1) is 26.3. The van der Waals surface area contributed by atoms with Gasteiger partial charge in [-0.2, -0.15) is 5.10 Å². The maximum Gasteiger partial charge on any atom is 0.410 e. The van der Waals surface area contributed by atoms with Crippen LogP contribution >= 0.6 is 0 Å². The Kier molecular flexibility index (Phi) is 6.57. The molecule has 9 nitrogen and oxygen atoms in total. The number of rotatable bonds is 4. The lowest BCUT2D eigenvalue weighted by Gasteiger charge is -2.36. The number of hydrogen-bond donors (Lipinski definition) is 1. The first-order valence-electron chi connectivity index (χ1n) is 13.6. The van der Waals surface area contributed by atoms with Gasteiger partial charge in [0.05, 0.1) is 11.8 Å². The molecule has 0 radical (unpaired) electrons. The summed E-state index contributed by atoms with van der Waals surface area (Å²) in [5, 5.41) is 15.7. The lowest BCUT2D eigenvalue weighted by Crippen LogP contribution is -2.50. The number of aromatic carboxylic acids is 1. The van der Waals surface area contributed by atoms with E-state index in [1.807, 2.05) is 63.5 Å². The molecular formula is C32H31N5O4. The van der Waals surface area contributed by atoms with Crippen LogP contribution in [0.15, 0.2) is 79.3 Å². The molecule has 41 heavy (non-hydrogen) atoms. The summed E-state index contributed by atoms with van der Waals surface area (Å²) in [6.07, 6.45) is 5.30. The SMILES string of the molecule is CC(C)(C)OC(=O)N1CCN(c2ccc(-c3cnc4c(-c5ccc(C(=O)O)c6ccccc56)cnn4c3)cc2)CC1. The van der Waals surface area contributed by atoms with E-state index in [2.05, 4.69) is 34.3 Å². The largest absolute Gasteiger partial charge is 0.478 e. The molecule has 0 unspecified atom stereocenters. The minimum atomic E-state index is -0.954. The van der Waals surface area contributed by atoms with E-state index >= 15 is 0 Å². The van der Waals surface area contributed by atoms with Crippen molar-refractivity contribution < 1.29 is 19.4 Å². The second-order valence-electron chi connectivity index (χ2n) is 11.2. The summed E-state index contributed by atoms with van der Waals surface area (Å²) in [6.45, 7) is 8.36. The Morgan fingerprint density at radius 1 is 0.829 bits per heavy atom. The van der Waals surface area contributed by atoms with Crippen molar-refractivity contribution in [1.82, 2.24) is 19.5 Å². The van der Waals surface area contributed by atoms with Gasteiger partial charge in [-0.1, -0.05) is 42.5 Å². The van der Waals surface area contributed by atoms with Crippen LogP contribution in [0, 0.1) is 0 Å². The number of ether oxygens (including phenoxy) is 1. The van der Waals surface area contributed by atoms with Crippen molar-refractivity contribution in [2.45, 2.75) is 26.4 Å². The molecule has 6 rings (SSSR count). The van der Waals surface area contributed by atoms with E-state index in [-0.39, 0.29) is 11.7 Å². The van der Waals surface area contributed by atoms with Gasteiger partial charge in [-0.25, -0.2) is 19.1 Å². The van der Waals surface area contributed by atoms with E-state index in [1.54, 1.807) is 21.7 Å². The number of fused-ring (bicyclic) bond motifs is 2. The van der Waals surface area contributed by atoms with Crippen LogP contribution in [0.2, 0.25) is 0 Å². The molecule has 0 bridgehead atoms. The molecule has 0 spiro atoms. The van der Waals surface area contributed by atoms with Gasteiger partial charge in [-0.3, -0.25) is 0 Å². The van der Waals surface area contributed by atoms with E-state index in [1.165, 1.54) is 0 Å². The highest BCUT2D eigenvalue weighted by atomic mass is 16.6. The highest BCUT2D eigenvalue weighted by Crippen LogP contribution is 2.33. The van der Waals surface area contributed by atoms with Crippen LogP contribution in [0.25, 0.3) is 38.7 Å². The third-order valence-corrected chi connectivity index (χ3v) is 7.30. The smallest absolute Gasteiger partial charge is 0.410 e. The van der Waals surface area contributed by atoms with Crippen molar-refractivity contribution in [2.75, 3.05) is 31.1 Å². The summed E-state index contributed by atoms with van der Waals surface area (Å²) < 4.78 is 7.26. The Morgan fingerprint density at radius 2 is 1.54 bits per heavy atom. The van der Waals surface area contributed by atoms with Gasteiger partial charge in [0.1, 0.15) is 5.60 Å². The number of amides is 1. The average molecular weight is 550 g/mol. The predicted octanol–water partition coefficient (Wildman–Crippen LogP) is 5.97. The van der Waals surface area contributed by atoms with E-state index in [4.69, 9.17) is 9.72 Å². The number of hydrogen-bond acceptors (Lipinski definition) is 6. The van der Waals surface area contributed by atoms with Gasteiger partial charge in [0.15, 0.2) is 5.65 Å². The number of nitrogens with zero attached hydrogens (tertiary/aromatic N) is 5. The molecule has 208 valence electrons. The van der Waals surface area contributed by atoms with Crippen molar-refractivity contribution in [3.05, 3.63) is 84.8 Å². The number of aromatic nitrogens is 3. The standard InChI is InChI=1S/C32H31N5O4/c1-32(2,3)41-31(40)36-16-14-35(15-17-36)23-10-8-21(9-11-23)22-18-33-29-28(19-34-37(29)20-22)26-12-13-27(30(38)39)25-7-5-4-6-24(25)26/h4-13,18-20H,14-17H2,1-3H3,(H,38,39). The van der Waals surface area contributed by atoms with Gasteiger partial charge in [-0.05, 0) is 60.9 Å². The molecular weight excluding hydrogens is 518 g/mol. The van der Waals surface area contributed by atoms with Gasteiger partial charge >= 0.3 is 12.1 Å². The van der Waals surface area contributed by atoms with Crippen molar-refractivity contribution in [3.63, 3.8) is 0 Å². The van der Waals surface area contributed by atoms with Crippen LogP contribution in [-0.2, 0) is 4.74 Å². The Hall–Kier alpha value is -4.92. The molecule has 1 amide bonds. The number of benzene rings is 3. The molecule has 0 saturated carbocycles. The maximum absolute atomic E-state index is 12.4. The van der Waals surface area contributed by atoms with E-state index < -0.39 is 11.6 Å². The van der Waals surface area contributed by atoms with Gasteiger partial charge < -0.3 is 19.6 Å². The van der Waals surface area contributed by atoms with Gasteiger partial charge in [0, 0.05) is 55.4 Å². The summed E-state index contributed by atoms with van der Waals surface area (Å²) in [7, 11) is 0. The van der Waals surface area contributed by atoms with Gasteiger partial charge in [-0.15, -0.1) is 0 Å². The van der Waals surface area contributed by atoms with Crippen LogP contribution < -0.4 is 4.90 Å². The van der Waals surface area contributed by atoms with Crippen LogP contribution in [0.5, 0.6) is 0 Å². The Morgan fingerprint density at radius 3 is 2.22 bits per heavy atom. The molecule has 1 aliphatic heterocycles. The number of carboxylic acid groups (broad SMARTS) is 1. The second kappa shape index (κ2) is 10.2. The molecule has 9 heteroatoms. The third-order valence-electron chi connectivity index (χ3n) is 7.30. The molecule has 5 aromatic rings. The zero-order valence-corrected chi connectivity index (χ0v) is 23.2. The van der Waals surface area contributed by atoms with E-state index in [9.17, 15) is 14.7 Å². The van der Waals surface area contributed by atoms with Crippen LogP contribution in [0.1, 0.15) is 31.1 Å². The molecule has 1 fully saturated rings. The number of carboxylic acids is 1. The fourth-order valence-corrected chi connectivity index (χ4v) is 5.27. The molecule has 3 aromatic carbocycles. The molecule has 1 aliphatic rings. The van der Waals surface area contributed by atoms with Crippen molar-refractivity contribution in [3.8, 4) is 22.3 Å². The Balaban J connectivity index is 1.21. The summed E-state index contributed by atoms with van der Waals surface area (Å²) in [4.78, 5) is 32.9. The lowest BCUT2D eigenvalue weighted by atomic mass is 9.96. The van der Waals surface area contributed by atoms with Crippen LogP contribution in [0.3, 0.4) is 0 Å². The van der Waals surface area contributed by atoms with Crippen LogP contribution in [0.4, 0.5) is 10.5 Å². The Labute approximate surface area is 237 Å². The third kappa shape index (κ3) is 5.18. The Bertz CT molecular complexity index is 1760. The van der Waals surface area contributed by atoms with Crippen LogP contribution in [-0.4, -0.2) is 68.4 Å². The van der Waals surface area contributed by atoms with Gasteiger partial charge in [0.25, 0.3) is 0 Å². The number of carbonyl (C=O) groups is 2. The first-order chi connectivity index (χ1) is 19.7. The summed E-state index contributed by atoms with van der Waals surface area (Å²) in [5.41, 5.74) is 5.24. The van der Waals surface area contributed by atoms with Crippen molar-refractivity contribution in [2.24, 2.45) is 0 Å². The van der Waals surface area contributed by atoms with Crippen molar-refractivity contribution in [1.29, 1.82) is 0 Å². The fourth-order valence-electron chi connectivity index (χ4n) is 5.27. The average Bonchev–Trinajstić information content (AvgIpc) is 3.39. The topological polar surface area (TPSA) is 100 Å². The lowest BCUT2D eigenvalue weighted by molar-refractivity contribution is 0.0240. The van der Waals surface area contributed by atoms with E-state index in [0.717, 1.165) is 46.4 Å². The molecule has 0 atom stereocenters. The first-order valence-corrected chi connectivity index (χ1v) is 13.6. The number of piperazine rings is 1. The number of anilines is 1. The minimum absolute atomic E-state index is 0.261. The molecule has 2 aromatic heterocycles. The minimum Gasteiger partial charge on any atom is -0.478 e. The molecule has 0 aliphatic carbocycles. The summed E-state index contributed by atoms with van der Waals surface area (Å²) in [5.74, 6) is -0.954. The van der Waals surface area contributed by atoms with Gasteiger partial charge in [0.2, 0.25) is 0 Å². The number of carbonyl (C=O) groups excluding carboxylic acids is 1.